The average Bonchev–Trinajstić information content (AvgIpc) is 3.13. The van der Waals surface area contributed by atoms with Crippen LogP contribution in [0.15, 0.2) is 76.4 Å². The normalized spacial score (nSPS) is 11.2. The molecule has 0 aliphatic carbocycles. The van der Waals surface area contributed by atoms with Crippen LogP contribution >= 0.6 is 0 Å². The first-order valence-corrected chi connectivity index (χ1v) is 10.7. The summed E-state index contributed by atoms with van der Waals surface area (Å²) in [5.41, 5.74) is 2.44. The van der Waals surface area contributed by atoms with Crippen molar-refractivity contribution < 1.29 is 19.8 Å². The van der Waals surface area contributed by atoms with Crippen molar-refractivity contribution in [2.45, 2.75) is 13.5 Å². The summed E-state index contributed by atoms with van der Waals surface area (Å²) in [6, 6.07) is 16.6. The second-order valence-electron chi connectivity index (χ2n) is 8.16. The number of aromatic amines is 1. The molecule has 0 aliphatic rings. The van der Waals surface area contributed by atoms with E-state index in [2.05, 4.69) is 4.98 Å². The highest BCUT2D eigenvalue weighted by molar-refractivity contribution is 6.12. The van der Waals surface area contributed by atoms with Gasteiger partial charge in [-0.3, -0.25) is 14.4 Å². The first kappa shape index (κ1) is 21.9. The minimum atomic E-state index is -1.32. The Morgan fingerprint density at radius 2 is 1.74 bits per heavy atom. The van der Waals surface area contributed by atoms with E-state index in [1.54, 1.807) is 34.9 Å². The van der Waals surface area contributed by atoms with Crippen molar-refractivity contribution in [1.29, 1.82) is 0 Å². The molecule has 0 saturated carbocycles. The SMILES string of the molecule is Cc1c(-c2ccc(O)cc2)c2ccccn2c1C(=O)c1ccc2c(=O)n(CC(=O)O)c(=O)[nH]c2c1. The van der Waals surface area contributed by atoms with E-state index in [0.29, 0.717) is 10.3 Å². The monoisotopic (exact) mass is 469 g/mol. The number of rotatable bonds is 5. The maximum Gasteiger partial charge on any atom is 0.329 e. The van der Waals surface area contributed by atoms with E-state index in [1.807, 2.05) is 25.1 Å². The van der Waals surface area contributed by atoms with E-state index in [4.69, 9.17) is 5.11 Å². The fourth-order valence-electron chi connectivity index (χ4n) is 4.42. The molecular formula is C26H19N3O6. The van der Waals surface area contributed by atoms with Crippen LogP contribution in [0.3, 0.4) is 0 Å². The highest BCUT2D eigenvalue weighted by Crippen LogP contribution is 2.34. The lowest BCUT2D eigenvalue weighted by atomic mass is 9.98. The van der Waals surface area contributed by atoms with Crippen molar-refractivity contribution in [2.75, 3.05) is 0 Å². The van der Waals surface area contributed by atoms with Crippen molar-refractivity contribution in [2.24, 2.45) is 0 Å². The number of hydrogen-bond donors (Lipinski definition) is 3. The Morgan fingerprint density at radius 1 is 1.00 bits per heavy atom. The smallest absolute Gasteiger partial charge is 0.329 e. The number of hydrogen-bond acceptors (Lipinski definition) is 5. The van der Waals surface area contributed by atoms with Gasteiger partial charge >= 0.3 is 11.7 Å². The highest BCUT2D eigenvalue weighted by atomic mass is 16.4. The van der Waals surface area contributed by atoms with Crippen LogP contribution in [0.1, 0.15) is 21.6 Å². The lowest BCUT2D eigenvalue weighted by Gasteiger charge is -2.07. The van der Waals surface area contributed by atoms with E-state index < -0.39 is 23.8 Å². The van der Waals surface area contributed by atoms with Crippen LogP contribution in [0, 0.1) is 6.92 Å². The molecule has 0 bridgehead atoms. The van der Waals surface area contributed by atoms with E-state index in [1.165, 1.54) is 18.2 Å². The number of benzene rings is 2. The Hall–Kier alpha value is -4.92. The number of aromatic nitrogens is 3. The number of aliphatic carboxylic acids is 1. The van der Waals surface area contributed by atoms with E-state index >= 15 is 0 Å². The number of carboxylic acid groups (broad SMARTS) is 1. The maximum atomic E-state index is 13.7. The summed E-state index contributed by atoms with van der Waals surface area (Å²) in [6.07, 6.45) is 1.78. The number of ketones is 1. The molecule has 0 fully saturated rings. The molecule has 35 heavy (non-hydrogen) atoms. The van der Waals surface area contributed by atoms with E-state index in [-0.39, 0.29) is 28.0 Å². The lowest BCUT2D eigenvalue weighted by molar-refractivity contribution is -0.137. The van der Waals surface area contributed by atoms with Crippen LogP contribution < -0.4 is 11.2 Å². The second-order valence-corrected chi connectivity index (χ2v) is 8.16. The predicted octanol–water partition coefficient (Wildman–Crippen LogP) is 2.94. The van der Waals surface area contributed by atoms with Gasteiger partial charge < -0.3 is 19.6 Å². The van der Waals surface area contributed by atoms with Crippen LogP contribution in [-0.2, 0) is 11.3 Å². The standard InChI is InChI=1S/C26H19N3O6/c1-14-22(15-5-8-17(30)9-6-15)20-4-2-3-11-28(20)23(14)24(33)16-7-10-18-19(12-16)27-26(35)29(25(18)34)13-21(31)32/h2-12,30H,13H2,1H3,(H,27,35)(H,31,32). The van der Waals surface area contributed by atoms with Gasteiger partial charge in [-0.2, -0.15) is 0 Å². The van der Waals surface area contributed by atoms with Gasteiger partial charge in [0, 0.05) is 17.3 Å². The van der Waals surface area contributed by atoms with Crippen molar-refractivity contribution in [3.05, 3.63) is 105 Å². The van der Waals surface area contributed by atoms with E-state index in [0.717, 1.165) is 22.2 Å². The Morgan fingerprint density at radius 3 is 2.46 bits per heavy atom. The van der Waals surface area contributed by atoms with Crippen molar-refractivity contribution in [1.82, 2.24) is 14.0 Å². The Labute approximate surface area is 197 Å². The number of carboxylic acids is 1. The highest BCUT2D eigenvalue weighted by Gasteiger charge is 2.23. The molecule has 174 valence electrons. The molecule has 0 amide bonds. The minimum absolute atomic E-state index is 0.101. The molecule has 0 saturated heterocycles. The number of carbonyl (C=O) groups is 2. The molecule has 0 atom stereocenters. The predicted molar refractivity (Wildman–Crippen MR) is 129 cm³/mol. The zero-order valence-corrected chi connectivity index (χ0v) is 18.5. The summed E-state index contributed by atoms with van der Waals surface area (Å²) >= 11 is 0. The third-order valence-corrected chi connectivity index (χ3v) is 6.00. The Kier molecular flexibility index (Phi) is 5.09. The van der Waals surface area contributed by atoms with Gasteiger partial charge in [0.25, 0.3) is 5.56 Å². The maximum absolute atomic E-state index is 13.7. The van der Waals surface area contributed by atoms with Crippen LogP contribution in [0.2, 0.25) is 0 Å². The van der Waals surface area contributed by atoms with Crippen LogP contribution in [0.25, 0.3) is 27.5 Å². The first-order chi connectivity index (χ1) is 16.8. The van der Waals surface area contributed by atoms with Crippen molar-refractivity contribution >= 4 is 28.2 Å². The van der Waals surface area contributed by atoms with Gasteiger partial charge in [-0.05, 0) is 54.4 Å². The molecule has 5 aromatic rings. The number of fused-ring (bicyclic) bond motifs is 2. The number of nitrogens with zero attached hydrogens (tertiary/aromatic N) is 2. The molecule has 3 heterocycles. The number of H-pyrrole nitrogens is 1. The second kappa shape index (κ2) is 8.14. The van der Waals surface area contributed by atoms with Gasteiger partial charge in [-0.1, -0.05) is 24.3 Å². The van der Waals surface area contributed by atoms with Gasteiger partial charge in [0.2, 0.25) is 5.78 Å². The Balaban J connectivity index is 1.68. The molecule has 9 nitrogen and oxygen atoms in total. The Bertz CT molecular complexity index is 1770. The number of nitrogens with one attached hydrogen (secondary N) is 1. The summed E-state index contributed by atoms with van der Waals surface area (Å²) in [4.78, 5) is 52.1. The average molecular weight is 469 g/mol. The van der Waals surface area contributed by atoms with Crippen LogP contribution in [-0.4, -0.2) is 35.9 Å². The summed E-state index contributed by atoms with van der Waals surface area (Å²) in [6.45, 7) is 1.08. The third kappa shape index (κ3) is 3.59. The quantitative estimate of drug-likeness (QED) is 0.339. The number of phenols is 1. The molecule has 0 aliphatic heterocycles. The van der Waals surface area contributed by atoms with Gasteiger partial charge in [0.15, 0.2) is 0 Å². The lowest BCUT2D eigenvalue weighted by Crippen LogP contribution is -2.37. The largest absolute Gasteiger partial charge is 0.508 e. The molecular weight excluding hydrogens is 450 g/mol. The topological polar surface area (TPSA) is 134 Å². The zero-order valence-electron chi connectivity index (χ0n) is 18.5. The molecule has 5 rings (SSSR count). The van der Waals surface area contributed by atoms with Gasteiger partial charge in [0.1, 0.15) is 12.3 Å². The summed E-state index contributed by atoms with van der Waals surface area (Å²) in [7, 11) is 0. The number of aromatic hydroxyl groups is 1. The van der Waals surface area contributed by atoms with Gasteiger partial charge in [-0.25, -0.2) is 9.36 Å². The molecule has 0 unspecified atom stereocenters. The molecule has 2 aromatic carbocycles. The summed E-state index contributed by atoms with van der Waals surface area (Å²) in [5, 5.41) is 18.7. The molecule has 9 heteroatoms. The fourth-order valence-corrected chi connectivity index (χ4v) is 4.42. The number of pyridine rings is 1. The molecule has 3 N–H and O–H groups in total. The number of carbonyl (C=O) groups excluding carboxylic acids is 1. The van der Waals surface area contributed by atoms with Crippen LogP contribution in [0.4, 0.5) is 0 Å². The zero-order chi connectivity index (χ0) is 24.9. The molecule has 0 spiro atoms. The first-order valence-electron chi connectivity index (χ1n) is 10.7. The van der Waals surface area contributed by atoms with Crippen molar-refractivity contribution in [3.8, 4) is 16.9 Å². The molecule has 3 aromatic heterocycles. The van der Waals surface area contributed by atoms with Gasteiger partial charge in [0.05, 0.1) is 22.1 Å². The van der Waals surface area contributed by atoms with E-state index in [9.17, 15) is 24.3 Å². The van der Waals surface area contributed by atoms with Crippen molar-refractivity contribution in [3.63, 3.8) is 0 Å². The summed E-state index contributed by atoms with van der Waals surface area (Å²) in [5.74, 6) is -1.49. The van der Waals surface area contributed by atoms with Gasteiger partial charge in [-0.15, -0.1) is 0 Å². The number of phenolic OH excluding ortho intramolecular Hbond substituents is 1. The van der Waals surface area contributed by atoms with Crippen LogP contribution in [0.5, 0.6) is 5.75 Å². The summed E-state index contributed by atoms with van der Waals surface area (Å²) < 4.78 is 2.39. The molecule has 0 radical (unpaired) electrons. The fraction of sp³-hybridized carbons (Fsp3) is 0.0769. The minimum Gasteiger partial charge on any atom is -0.508 e. The third-order valence-electron chi connectivity index (χ3n) is 6.00.